The number of aliphatic hydroxyl groups excluding tert-OH is 1. The van der Waals surface area contributed by atoms with Crippen molar-refractivity contribution in [2.75, 3.05) is 19.7 Å². The highest BCUT2D eigenvalue weighted by atomic mass is 16.4. The summed E-state index contributed by atoms with van der Waals surface area (Å²) in [6, 6.07) is 0. The van der Waals surface area contributed by atoms with Gasteiger partial charge in [-0.3, -0.25) is 9.59 Å². The van der Waals surface area contributed by atoms with Crippen LogP contribution in [0.4, 0.5) is 0 Å². The zero-order valence-electron chi connectivity index (χ0n) is 7.27. The number of likely N-dealkylation sites (tertiary alicyclic amines) is 1. The molecule has 1 fully saturated rings. The molecule has 0 spiro atoms. The van der Waals surface area contributed by atoms with E-state index in [0.29, 0.717) is 25.9 Å². The Bertz CT molecular complexity index is 208. The number of hydrogen-bond donors (Lipinski definition) is 2. The van der Waals surface area contributed by atoms with Gasteiger partial charge in [0.15, 0.2) is 0 Å². The molecule has 1 aliphatic heterocycles. The molecule has 0 saturated carbocycles. The van der Waals surface area contributed by atoms with Crippen LogP contribution in [0.1, 0.15) is 12.8 Å². The summed E-state index contributed by atoms with van der Waals surface area (Å²) >= 11 is 0. The minimum Gasteiger partial charge on any atom is -0.481 e. The van der Waals surface area contributed by atoms with Crippen molar-refractivity contribution in [3.05, 3.63) is 0 Å². The molecule has 1 amide bonds. The molecule has 1 saturated heterocycles. The van der Waals surface area contributed by atoms with Crippen LogP contribution < -0.4 is 0 Å². The SMILES string of the molecule is O=C(O)C1CCN(C(=O)CO)CC1. The van der Waals surface area contributed by atoms with Crippen molar-refractivity contribution in [2.24, 2.45) is 5.92 Å². The van der Waals surface area contributed by atoms with E-state index in [4.69, 9.17) is 10.2 Å². The van der Waals surface area contributed by atoms with Crippen molar-refractivity contribution in [3.63, 3.8) is 0 Å². The Labute approximate surface area is 76.0 Å². The lowest BCUT2D eigenvalue weighted by Crippen LogP contribution is -2.41. The molecular formula is C8H13NO4. The van der Waals surface area contributed by atoms with Crippen LogP contribution in [0.15, 0.2) is 0 Å². The number of carbonyl (C=O) groups is 2. The zero-order valence-corrected chi connectivity index (χ0v) is 7.27. The molecule has 5 heteroatoms. The lowest BCUT2D eigenvalue weighted by molar-refractivity contribution is -0.146. The third-order valence-corrected chi connectivity index (χ3v) is 2.33. The fourth-order valence-corrected chi connectivity index (χ4v) is 1.48. The van der Waals surface area contributed by atoms with E-state index in [1.165, 1.54) is 4.90 Å². The summed E-state index contributed by atoms with van der Waals surface area (Å²) in [7, 11) is 0. The smallest absolute Gasteiger partial charge is 0.306 e. The monoisotopic (exact) mass is 187 g/mol. The number of rotatable bonds is 2. The van der Waals surface area contributed by atoms with E-state index in [1.807, 2.05) is 0 Å². The van der Waals surface area contributed by atoms with E-state index < -0.39 is 12.6 Å². The van der Waals surface area contributed by atoms with Gasteiger partial charge in [0.25, 0.3) is 0 Å². The molecule has 5 nitrogen and oxygen atoms in total. The van der Waals surface area contributed by atoms with E-state index >= 15 is 0 Å². The summed E-state index contributed by atoms with van der Waals surface area (Å²) < 4.78 is 0. The van der Waals surface area contributed by atoms with Gasteiger partial charge in [0.05, 0.1) is 5.92 Å². The number of piperidine rings is 1. The molecule has 0 aromatic carbocycles. The summed E-state index contributed by atoms with van der Waals surface area (Å²) in [4.78, 5) is 23.0. The van der Waals surface area contributed by atoms with Crippen LogP contribution in [-0.4, -0.2) is 46.7 Å². The van der Waals surface area contributed by atoms with Gasteiger partial charge in [0.2, 0.25) is 5.91 Å². The number of carboxylic acids is 1. The maximum atomic E-state index is 11.0. The molecule has 13 heavy (non-hydrogen) atoms. The number of aliphatic carboxylic acids is 1. The molecule has 2 N–H and O–H groups in total. The zero-order chi connectivity index (χ0) is 9.84. The highest BCUT2D eigenvalue weighted by Crippen LogP contribution is 2.16. The number of carboxylic acid groups (broad SMARTS) is 1. The van der Waals surface area contributed by atoms with Gasteiger partial charge in [-0.25, -0.2) is 0 Å². The summed E-state index contributed by atoms with van der Waals surface area (Å²) in [5, 5.41) is 17.2. The highest BCUT2D eigenvalue weighted by molar-refractivity contribution is 5.77. The van der Waals surface area contributed by atoms with Crippen LogP contribution in [0.5, 0.6) is 0 Å². The van der Waals surface area contributed by atoms with Crippen LogP contribution in [0, 0.1) is 5.92 Å². The third-order valence-electron chi connectivity index (χ3n) is 2.33. The van der Waals surface area contributed by atoms with Crippen molar-refractivity contribution in [1.82, 2.24) is 4.90 Å². The van der Waals surface area contributed by atoms with Gasteiger partial charge in [0, 0.05) is 13.1 Å². The molecule has 0 aromatic rings. The van der Waals surface area contributed by atoms with Crippen LogP contribution in [0.2, 0.25) is 0 Å². The molecule has 1 heterocycles. The first-order chi connectivity index (χ1) is 6.15. The number of aliphatic hydroxyl groups is 1. The minimum absolute atomic E-state index is 0.316. The molecule has 0 aromatic heterocycles. The molecule has 1 rings (SSSR count). The van der Waals surface area contributed by atoms with E-state index in [0.717, 1.165) is 0 Å². The standard InChI is InChI=1S/C8H13NO4/c10-5-7(11)9-3-1-6(2-4-9)8(12)13/h6,10H,1-5H2,(H,12,13). The van der Waals surface area contributed by atoms with E-state index in [-0.39, 0.29) is 11.8 Å². The molecule has 0 bridgehead atoms. The second-order valence-electron chi connectivity index (χ2n) is 3.15. The first kappa shape index (κ1) is 9.98. The summed E-state index contributed by atoms with van der Waals surface area (Å²) in [6.07, 6.45) is 0.974. The Morgan fingerprint density at radius 1 is 1.31 bits per heavy atom. The topological polar surface area (TPSA) is 77.8 Å². The Morgan fingerprint density at radius 3 is 2.23 bits per heavy atom. The first-order valence-corrected chi connectivity index (χ1v) is 4.26. The van der Waals surface area contributed by atoms with Gasteiger partial charge < -0.3 is 15.1 Å². The number of nitrogens with zero attached hydrogens (tertiary/aromatic N) is 1. The molecule has 74 valence electrons. The number of amides is 1. The summed E-state index contributed by atoms with van der Waals surface area (Å²) in [6.45, 7) is 0.393. The van der Waals surface area contributed by atoms with Gasteiger partial charge in [-0.2, -0.15) is 0 Å². The van der Waals surface area contributed by atoms with Crippen molar-refractivity contribution < 1.29 is 19.8 Å². The van der Waals surface area contributed by atoms with Crippen molar-refractivity contribution >= 4 is 11.9 Å². The summed E-state index contributed by atoms with van der Waals surface area (Å²) in [5.41, 5.74) is 0. The predicted molar refractivity (Wildman–Crippen MR) is 44.0 cm³/mol. The van der Waals surface area contributed by atoms with Crippen LogP contribution in [-0.2, 0) is 9.59 Å². The number of carbonyl (C=O) groups excluding carboxylic acids is 1. The Kier molecular flexibility index (Phi) is 3.25. The van der Waals surface area contributed by atoms with Gasteiger partial charge in [-0.1, -0.05) is 0 Å². The fraction of sp³-hybridized carbons (Fsp3) is 0.750. The van der Waals surface area contributed by atoms with Crippen molar-refractivity contribution in [3.8, 4) is 0 Å². The largest absolute Gasteiger partial charge is 0.481 e. The van der Waals surface area contributed by atoms with Gasteiger partial charge in [0.1, 0.15) is 6.61 Å². The van der Waals surface area contributed by atoms with Crippen LogP contribution in [0.25, 0.3) is 0 Å². The maximum absolute atomic E-state index is 11.0. The quantitative estimate of drug-likeness (QED) is 0.599. The van der Waals surface area contributed by atoms with Crippen LogP contribution >= 0.6 is 0 Å². The van der Waals surface area contributed by atoms with Gasteiger partial charge in [-0.05, 0) is 12.8 Å². The lowest BCUT2D eigenvalue weighted by atomic mass is 9.97. The van der Waals surface area contributed by atoms with E-state index in [1.54, 1.807) is 0 Å². The third kappa shape index (κ3) is 2.42. The second-order valence-corrected chi connectivity index (χ2v) is 3.15. The molecule has 0 unspecified atom stereocenters. The second kappa shape index (κ2) is 4.23. The molecule has 0 radical (unpaired) electrons. The van der Waals surface area contributed by atoms with E-state index in [9.17, 15) is 9.59 Å². The average molecular weight is 187 g/mol. The Morgan fingerprint density at radius 2 is 1.85 bits per heavy atom. The highest BCUT2D eigenvalue weighted by Gasteiger charge is 2.26. The molecule has 1 aliphatic rings. The molecular weight excluding hydrogens is 174 g/mol. The van der Waals surface area contributed by atoms with Gasteiger partial charge in [-0.15, -0.1) is 0 Å². The normalized spacial score (nSPS) is 18.7. The van der Waals surface area contributed by atoms with Crippen molar-refractivity contribution in [1.29, 1.82) is 0 Å². The maximum Gasteiger partial charge on any atom is 0.306 e. The molecule has 0 aliphatic carbocycles. The predicted octanol–water partition coefficient (Wildman–Crippen LogP) is -0.698. The summed E-state index contributed by atoms with van der Waals surface area (Å²) in [5.74, 6) is -1.44. The fourth-order valence-electron chi connectivity index (χ4n) is 1.48. The Balaban J connectivity index is 2.39. The minimum atomic E-state index is -0.795. The van der Waals surface area contributed by atoms with E-state index in [2.05, 4.69) is 0 Å². The Hall–Kier alpha value is -1.10. The lowest BCUT2D eigenvalue weighted by Gasteiger charge is -2.29. The number of hydrogen-bond acceptors (Lipinski definition) is 3. The molecule has 0 atom stereocenters. The average Bonchev–Trinajstić information content (AvgIpc) is 2.17. The van der Waals surface area contributed by atoms with Crippen LogP contribution in [0.3, 0.4) is 0 Å². The van der Waals surface area contributed by atoms with Crippen molar-refractivity contribution in [2.45, 2.75) is 12.8 Å². The first-order valence-electron chi connectivity index (χ1n) is 4.26. The van der Waals surface area contributed by atoms with Gasteiger partial charge >= 0.3 is 5.97 Å².